The van der Waals surface area contributed by atoms with E-state index in [9.17, 15) is 9.00 Å². The minimum absolute atomic E-state index is 0.0990. The predicted molar refractivity (Wildman–Crippen MR) is 76.7 cm³/mol. The summed E-state index contributed by atoms with van der Waals surface area (Å²) >= 11 is 1.56. The summed E-state index contributed by atoms with van der Waals surface area (Å²) in [5, 5.41) is 0. The van der Waals surface area contributed by atoms with Crippen molar-refractivity contribution in [3.8, 4) is 0 Å². The molecule has 2 rings (SSSR count). The van der Waals surface area contributed by atoms with E-state index in [0.717, 1.165) is 11.4 Å². The Kier molecular flexibility index (Phi) is 4.22. The molecule has 1 aliphatic heterocycles. The van der Waals surface area contributed by atoms with Crippen LogP contribution in [0.2, 0.25) is 0 Å². The molecule has 1 aromatic rings. The summed E-state index contributed by atoms with van der Waals surface area (Å²) in [6, 6.07) is 1.97. The molecule has 0 saturated carbocycles. The van der Waals surface area contributed by atoms with Crippen LogP contribution >= 0.6 is 11.3 Å². The van der Waals surface area contributed by atoms with Crippen molar-refractivity contribution < 1.29 is 9.00 Å². The fraction of sp³-hybridized carbons (Fsp3) is 0.615. The normalized spacial score (nSPS) is 24.9. The summed E-state index contributed by atoms with van der Waals surface area (Å²) in [5.74, 6) is 1.74. The lowest BCUT2D eigenvalue weighted by Crippen LogP contribution is -2.34. The van der Waals surface area contributed by atoms with Gasteiger partial charge in [0.15, 0.2) is 0 Å². The number of carbonyl (C=O) groups excluding carboxylic acids is 1. The van der Waals surface area contributed by atoms with E-state index in [1.54, 1.807) is 11.3 Å². The van der Waals surface area contributed by atoms with E-state index in [1.165, 1.54) is 10.4 Å². The van der Waals surface area contributed by atoms with Gasteiger partial charge in [-0.1, -0.05) is 6.92 Å². The monoisotopic (exact) mass is 285 g/mol. The number of hydrogen-bond acceptors (Lipinski definition) is 3. The van der Waals surface area contributed by atoms with Crippen LogP contribution in [0.1, 0.15) is 27.0 Å². The number of hydrogen-bond donors (Lipinski definition) is 0. The molecule has 2 atom stereocenters. The zero-order chi connectivity index (χ0) is 13.3. The molecule has 0 aliphatic carbocycles. The van der Waals surface area contributed by atoms with Gasteiger partial charge in [0.2, 0.25) is 0 Å². The zero-order valence-electron chi connectivity index (χ0n) is 11.1. The number of carbonyl (C=O) groups is 1. The molecule has 0 aromatic carbocycles. The highest BCUT2D eigenvalue weighted by atomic mass is 32.2. The molecule has 0 spiro atoms. The molecule has 5 heteroatoms. The lowest BCUT2D eigenvalue weighted by atomic mass is 10.2. The van der Waals surface area contributed by atoms with Gasteiger partial charge < -0.3 is 4.90 Å². The molecule has 3 nitrogen and oxygen atoms in total. The van der Waals surface area contributed by atoms with Crippen LogP contribution in [0.4, 0.5) is 0 Å². The first-order chi connectivity index (χ1) is 8.47. The quantitative estimate of drug-likeness (QED) is 0.793. The average Bonchev–Trinajstić information content (AvgIpc) is 2.53. The number of nitrogens with zero attached hydrogens (tertiary/aromatic N) is 1. The first kappa shape index (κ1) is 13.7. The Morgan fingerprint density at radius 3 is 2.83 bits per heavy atom. The van der Waals surface area contributed by atoms with Crippen molar-refractivity contribution in [2.45, 2.75) is 20.8 Å². The topological polar surface area (TPSA) is 37.4 Å². The fourth-order valence-electron chi connectivity index (χ4n) is 2.15. The smallest absolute Gasteiger partial charge is 0.263 e. The van der Waals surface area contributed by atoms with Crippen molar-refractivity contribution in [3.05, 3.63) is 21.4 Å². The van der Waals surface area contributed by atoms with Crippen LogP contribution in [-0.4, -0.2) is 39.6 Å². The van der Waals surface area contributed by atoms with Crippen molar-refractivity contribution in [2.24, 2.45) is 5.92 Å². The molecule has 1 aromatic heterocycles. The van der Waals surface area contributed by atoms with E-state index in [2.05, 4.69) is 6.92 Å². The number of thiophene rings is 1. The van der Waals surface area contributed by atoms with Crippen LogP contribution in [-0.2, 0) is 10.8 Å². The van der Waals surface area contributed by atoms with E-state index in [-0.39, 0.29) is 5.91 Å². The second kappa shape index (κ2) is 5.53. The zero-order valence-corrected chi connectivity index (χ0v) is 12.7. The van der Waals surface area contributed by atoms with Crippen LogP contribution < -0.4 is 0 Å². The van der Waals surface area contributed by atoms with Gasteiger partial charge in [-0.25, -0.2) is 0 Å². The molecular formula is C13H19NO2S2. The molecule has 18 heavy (non-hydrogen) atoms. The van der Waals surface area contributed by atoms with Gasteiger partial charge in [0.05, 0.1) is 4.88 Å². The van der Waals surface area contributed by atoms with Crippen molar-refractivity contribution in [3.63, 3.8) is 0 Å². The Hall–Kier alpha value is -0.680. The second-order valence-electron chi connectivity index (χ2n) is 5.02. The van der Waals surface area contributed by atoms with Gasteiger partial charge in [-0.15, -0.1) is 11.3 Å². The summed E-state index contributed by atoms with van der Waals surface area (Å²) < 4.78 is 11.6. The highest BCUT2D eigenvalue weighted by Crippen LogP contribution is 2.23. The third kappa shape index (κ3) is 3.01. The van der Waals surface area contributed by atoms with Crippen LogP contribution in [0.5, 0.6) is 0 Å². The molecular weight excluding hydrogens is 266 g/mol. The Labute approximate surface area is 115 Å². The third-order valence-electron chi connectivity index (χ3n) is 3.26. The number of amides is 1. The first-order valence-corrected chi connectivity index (χ1v) is 8.49. The molecule has 1 saturated heterocycles. The maximum Gasteiger partial charge on any atom is 0.263 e. The maximum atomic E-state index is 12.4. The molecule has 100 valence electrons. The van der Waals surface area contributed by atoms with E-state index in [1.807, 2.05) is 24.8 Å². The summed E-state index contributed by atoms with van der Waals surface area (Å²) in [4.78, 5) is 16.3. The standard InChI is InChI=1S/C13H19NO2S2/c1-9-7-14(4-5-18(16)8-9)13(15)12-6-10(2)11(3)17-12/h6,9H,4-5,7-8H2,1-3H3/t9-,18-/m0/s1. The lowest BCUT2D eigenvalue weighted by Gasteiger charge is -2.21. The Balaban J connectivity index is 2.15. The minimum atomic E-state index is -0.771. The first-order valence-electron chi connectivity index (χ1n) is 6.18. The maximum absolute atomic E-state index is 12.4. The molecule has 1 aliphatic rings. The predicted octanol–water partition coefficient (Wildman–Crippen LogP) is 2.21. The molecule has 2 heterocycles. The summed E-state index contributed by atoms with van der Waals surface area (Å²) in [5.41, 5.74) is 1.18. The minimum Gasteiger partial charge on any atom is -0.337 e. The molecule has 1 amide bonds. The second-order valence-corrected chi connectivity index (χ2v) is 7.89. The van der Waals surface area contributed by atoms with E-state index < -0.39 is 10.8 Å². The summed E-state index contributed by atoms with van der Waals surface area (Å²) in [6.07, 6.45) is 0. The molecule has 0 bridgehead atoms. The number of aryl methyl sites for hydroxylation is 2. The highest BCUT2D eigenvalue weighted by molar-refractivity contribution is 7.85. The third-order valence-corrected chi connectivity index (χ3v) is 5.97. The molecule has 0 N–H and O–H groups in total. The van der Waals surface area contributed by atoms with Gasteiger partial charge in [0.1, 0.15) is 0 Å². The van der Waals surface area contributed by atoms with Crippen molar-refractivity contribution >= 4 is 28.0 Å². The molecule has 0 unspecified atom stereocenters. The average molecular weight is 285 g/mol. The van der Waals surface area contributed by atoms with Crippen LogP contribution in [0.3, 0.4) is 0 Å². The van der Waals surface area contributed by atoms with Crippen molar-refractivity contribution in [1.29, 1.82) is 0 Å². The van der Waals surface area contributed by atoms with Gasteiger partial charge in [-0.2, -0.15) is 0 Å². The molecule has 0 radical (unpaired) electrons. The number of rotatable bonds is 1. The molecule has 1 fully saturated rings. The largest absolute Gasteiger partial charge is 0.337 e. The lowest BCUT2D eigenvalue weighted by molar-refractivity contribution is 0.0756. The van der Waals surface area contributed by atoms with Gasteiger partial charge in [-0.05, 0) is 31.4 Å². The summed E-state index contributed by atoms with van der Waals surface area (Å²) in [7, 11) is -0.771. The van der Waals surface area contributed by atoms with Gasteiger partial charge in [-0.3, -0.25) is 9.00 Å². The van der Waals surface area contributed by atoms with Crippen molar-refractivity contribution in [2.75, 3.05) is 24.6 Å². The van der Waals surface area contributed by atoms with E-state index in [4.69, 9.17) is 0 Å². The SMILES string of the molecule is Cc1cc(C(=O)N2CC[S@](=O)C[C@@H](C)C2)sc1C. The van der Waals surface area contributed by atoms with E-state index >= 15 is 0 Å². The Bertz CT molecular complexity index is 462. The van der Waals surface area contributed by atoms with Crippen LogP contribution in [0.25, 0.3) is 0 Å². The Morgan fingerprint density at radius 1 is 1.50 bits per heavy atom. The fourth-order valence-corrected chi connectivity index (χ4v) is 4.48. The summed E-state index contributed by atoms with van der Waals surface area (Å²) in [6.45, 7) is 7.47. The van der Waals surface area contributed by atoms with Gasteiger partial charge in [0, 0.05) is 40.3 Å². The van der Waals surface area contributed by atoms with Gasteiger partial charge in [0.25, 0.3) is 5.91 Å². The highest BCUT2D eigenvalue weighted by Gasteiger charge is 2.24. The van der Waals surface area contributed by atoms with Crippen LogP contribution in [0.15, 0.2) is 6.07 Å². The van der Waals surface area contributed by atoms with E-state index in [0.29, 0.717) is 24.0 Å². The van der Waals surface area contributed by atoms with Gasteiger partial charge >= 0.3 is 0 Å². The Morgan fingerprint density at radius 2 is 2.22 bits per heavy atom. The van der Waals surface area contributed by atoms with Crippen LogP contribution in [0, 0.1) is 19.8 Å². The van der Waals surface area contributed by atoms with Crippen molar-refractivity contribution in [1.82, 2.24) is 4.90 Å².